The van der Waals surface area contributed by atoms with Gasteiger partial charge in [0.25, 0.3) is 0 Å². The highest BCUT2D eigenvalue weighted by atomic mass is 15.1. The van der Waals surface area contributed by atoms with Crippen LogP contribution in [0, 0.1) is 0 Å². The molecule has 0 atom stereocenters. The van der Waals surface area contributed by atoms with Crippen LogP contribution in [-0.2, 0) is 19.4 Å². The van der Waals surface area contributed by atoms with Gasteiger partial charge in [-0.3, -0.25) is 0 Å². The van der Waals surface area contributed by atoms with Gasteiger partial charge in [-0.15, -0.1) is 0 Å². The van der Waals surface area contributed by atoms with Crippen LogP contribution < -0.4 is 5.32 Å². The number of nitrogens with one attached hydrogen (secondary N) is 1. The maximum absolute atomic E-state index is 4.84. The van der Waals surface area contributed by atoms with Crippen LogP contribution in [0.5, 0.6) is 0 Å². The lowest BCUT2D eigenvalue weighted by atomic mass is 9.94. The highest BCUT2D eigenvalue weighted by Gasteiger charge is 2.25. The van der Waals surface area contributed by atoms with Gasteiger partial charge in [0.1, 0.15) is 5.82 Å². The molecule has 2 aliphatic rings. The summed E-state index contributed by atoms with van der Waals surface area (Å²) in [6, 6.07) is 0.744. The molecular formula is C14H23N3. The first-order valence-corrected chi connectivity index (χ1v) is 7.19. The topological polar surface area (TPSA) is 29.9 Å². The molecule has 0 spiro atoms. The Morgan fingerprint density at radius 2 is 2.12 bits per heavy atom. The van der Waals surface area contributed by atoms with Crippen LogP contribution in [0.2, 0.25) is 0 Å². The molecule has 3 heteroatoms. The van der Waals surface area contributed by atoms with E-state index in [4.69, 9.17) is 4.98 Å². The van der Waals surface area contributed by atoms with Crippen LogP contribution in [0.15, 0.2) is 0 Å². The van der Waals surface area contributed by atoms with E-state index in [2.05, 4.69) is 16.8 Å². The van der Waals surface area contributed by atoms with Gasteiger partial charge in [0.05, 0.1) is 5.69 Å². The summed E-state index contributed by atoms with van der Waals surface area (Å²) >= 11 is 0. The molecule has 1 N–H and O–H groups in total. The van der Waals surface area contributed by atoms with Gasteiger partial charge in [-0.1, -0.05) is 26.2 Å². The number of aromatic nitrogens is 2. The number of aryl methyl sites for hydroxylation is 1. The Bertz CT molecular complexity index is 388. The predicted molar refractivity (Wildman–Crippen MR) is 69.1 cm³/mol. The maximum Gasteiger partial charge on any atom is 0.109 e. The molecule has 17 heavy (non-hydrogen) atoms. The van der Waals surface area contributed by atoms with Gasteiger partial charge in [-0.05, 0) is 12.8 Å². The Morgan fingerprint density at radius 3 is 2.88 bits per heavy atom. The quantitative estimate of drug-likeness (QED) is 0.851. The van der Waals surface area contributed by atoms with Gasteiger partial charge in [-0.2, -0.15) is 0 Å². The molecule has 3 nitrogen and oxygen atoms in total. The van der Waals surface area contributed by atoms with Crippen LogP contribution in [0.25, 0.3) is 0 Å². The van der Waals surface area contributed by atoms with Gasteiger partial charge in [0.2, 0.25) is 0 Å². The smallest absolute Gasteiger partial charge is 0.109 e. The summed E-state index contributed by atoms with van der Waals surface area (Å²) in [5.74, 6) is 1.32. The van der Waals surface area contributed by atoms with Gasteiger partial charge in [-0.25, -0.2) is 4.98 Å². The molecular weight excluding hydrogens is 210 g/mol. The molecule has 0 bridgehead atoms. The summed E-state index contributed by atoms with van der Waals surface area (Å²) in [6.45, 7) is 4.33. The van der Waals surface area contributed by atoms with Crippen LogP contribution in [0.4, 0.5) is 0 Å². The normalized spacial score (nSPS) is 21.5. The number of hydrogen-bond donors (Lipinski definition) is 1. The van der Waals surface area contributed by atoms with E-state index in [1.807, 2.05) is 0 Å². The number of fused-ring (bicyclic) bond motifs is 1. The van der Waals surface area contributed by atoms with Crippen molar-refractivity contribution >= 4 is 0 Å². The van der Waals surface area contributed by atoms with Crippen molar-refractivity contribution in [3.05, 3.63) is 17.2 Å². The average Bonchev–Trinajstić information content (AvgIpc) is 2.78. The van der Waals surface area contributed by atoms with Crippen molar-refractivity contribution in [3.8, 4) is 0 Å². The standard InChI is InChI=1S/C14H23N3/c1-2-14-16-12-10-15-9-8-13(12)17(14)11-6-4-3-5-7-11/h11,15H,2-10H2,1H3. The lowest BCUT2D eigenvalue weighted by Gasteiger charge is -2.27. The Morgan fingerprint density at radius 1 is 1.29 bits per heavy atom. The Kier molecular flexibility index (Phi) is 3.19. The number of nitrogens with zero attached hydrogens (tertiary/aromatic N) is 2. The summed E-state index contributed by atoms with van der Waals surface area (Å²) in [4.78, 5) is 4.84. The summed E-state index contributed by atoms with van der Waals surface area (Å²) < 4.78 is 2.61. The minimum Gasteiger partial charge on any atom is -0.329 e. The van der Waals surface area contributed by atoms with Gasteiger partial charge < -0.3 is 9.88 Å². The monoisotopic (exact) mass is 233 g/mol. The Labute approximate surface area is 104 Å². The van der Waals surface area contributed by atoms with E-state index in [1.54, 1.807) is 0 Å². The van der Waals surface area contributed by atoms with E-state index in [9.17, 15) is 0 Å². The molecule has 94 valence electrons. The molecule has 0 amide bonds. The van der Waals surface area contributed by atoms with Crippen molar-refractivity contribution in [1.82, 2.24) is 14.9 Å². The fourth-order valence-corrected chi connectivity index (χ4v) is 3.41. The van der Waals surface area contributed by atoms with Crippen molar-refractivity contribution < 1.29 is 0 Å². The number of rotatable bonds is 2. The second-order valence-corrected chi connectivity index (χ2v) is 5.36. The van der Waals surface area contributed by atoms with Crippen molar-refractivity contribution in [2.24, 2.45) is 0 Å². The van der Waals surface area contributed by atoms with E-state index < -0.39 is 0 Å². The summed E-state index contributed by atoms with van der Waals surface area (Å²) in [5, 5.41) is 3.43. The van der Waals surface area contributed by atoms with E-state index >= 15 is 0 Å². The number of hydrogen-bond acceptors (Lipinski definition) is 2. The summed E-state index contributed by atoms with van der Waals surface area (Å²) in [5.41, 5.74) is 2.85. The second kappa shape index (κ2) is 4.81. The van der Waals surface area contributed by atoms with Gasteiger partial charge >= 0.3 is 0 Å². The first-order valence-electron chi connectivity index (χ1n) is 7.19. The minimum absolute atomic E-state index is 0.744. The fourth-order valence-electron chi connectivity index (χ4n) is 3.41. The van der Waals surface area contributed by atoms with E-state index in [0.29, 0.717) is 0 Å². The molecule has 0 aromatic carbocycles. The lowest BCUT2D eigenvalue weighted by molar-refractivity contribution is 0.337. The van der Waals surface area contributed by atoms with E-state index in [1.165, 1.54) is 55.7 Å². The zero-order valence-electron chi connectivity index (χ0n) is 10.8. The lowest BCUT2D eigenvalue weighted by Crippen LogP contribution is -2.26. The molecule has 1 aliphatic heterocycles. The largest absolute Gasteiger partial charge is 0.329 e. The van der Waals surface area contributed by atoms with Crippen molar-refractivity contribution in [3.63, 3.8) is 0 Å². The fraction of sp³-hybridized carbons (Fsp3) is 0.786. The zero-order chi connectivity index (χ0) is 11.7. The van der Waals surface area contributed by atoms with Crippen LogP contribution in [0.3, 0.4) is 0 Å². The molecule has 1 saturated carbocycles. The molecule has 1 aromatic heterocycles. The zero-order valence-corrected chi connectivity index (χ0v) is 10.8. The SMILES string of the molecule is CCc1nc2c(n1C1CCCCC1)CCNC2. The van der Waals surface area contributed by atoms with E-state index in [0.717, 1.165) is 25.6 Å². The molecule has 1 aliphatic carbocycles. The average molecular weight is 233 g/mol. The van der Waals surface area contributed by atoms with Crippen LogP contribution in [-0.4, -0.2) is 16.1 Å². The second-order valence-electron chi connectivity index (χ2n) is 5.36. The van der Waals surface area contributed by atoms with Gasteiger partial charge in [0, 0.05) is 37.7 Å². The third-order valence-corrected chi connectivity index (χ3v) is 4.25. The molecule has 0 saturated heterocycles. The van der Waals surface area contributed by atoms with Gasteiger partial charge in [0.15, 0.2) is 0 Å². The molecule has 3 rings (SSSR count). The molecule has 0 radical (unpaired) electrons. The molecule has 1 aromatic rings. The van der Waals surface area contributed by atoms with Crippen LogP contribution >= 0.6 is 0 Å². The first-order chi connectivity index (χ1) is 8.40. The number of imidazole rings is 1. The minimum atomic E-state index is 0.744. The van der Waals surface area contributed by atoms with Crippen molar-refractivity contribution in [2.75, 3.05) is 6.54 Å². The van der Waals surface area contributed by atoms with Crippen molar-refractivity contribution in [2.45, 2.75) is 64.5 Å². The van der Waals surface area contributed by atoms with Crippen molar-refractivity contribution in [1.29, 1.82) is 0 Å². The summed E-state index contributed by atoms with van der Waals surface area (Å²) in [6.07, 6.45) is 9.20. The first kappa shape index (κ1) is 11.3. The molecule has 0 unspecified atom stereocenters. The third kappa shape index (κ3) is 2.01. The molecule has 2 heterocycles. The molecule has 1 fully saturated rings. The van der Waals surface area contributed by atoms with Crippen LogP contribution in [0.1, 0.15) is 62.3 Å². The Hall–Kier alpha value is -0.830. The summed E-state index contributed by atoms with van der Waals surface area (Å²) in [7, 11) is 0. The Balaban J connectivity index is 1.97. The third-order valence-electron chi connectivity index (χ3n) is 4.25. The highest BCUT2D eigenvalue weighted by molar-refractivity contribution is 5.21. The highest BCUT2D eigenvalue weighted by Crippen LogP contribution is 2.32. The van der Waals surface area contributed by atoms with E-state index in [-0.39, 0.29) is 0 Å². The maximum atomic E-state index is 4.84. The predicted octanol–water partition coefficient (Wildman–Crippen LogP) is 2.60.